The molecule has 2 heteroatoms. The Bertz CT molecular complexity index is 186. The van der Waals surface area contributed by atoms with E-state index < -0.39 is 0 Å². The Labute approximate surface area is 66.7 Å². The highest BCUT2D eigenvalue weighted by molar-refractivity contribution is 7.80. The van der Waals surface area contributed by atoms with Crippen LogP contribution in [0, 0.1) is 0 Å². The molecule has 0 aliphatic carbocycles. The second-order valence-corrected chi connectivity index (χ2v) is 3.38. The van der Waals surface area contributed by atoms with Gasteiger partial charge in [-0.15, -0.1) is 0 Å². The van der Waals surface area contributed by atoms with E-state index in [1.165, 1.54) is 17.8 Å². The zero-order chi connectivity index (χ0) is 6.97. The molecule has 0 bridgehead atoms. The molecule has 0 aromatic carbocycles. The van der Waals surface area contributed by atoms with Gasteiger partial charge in [-0.1, -0.05) is 24.4 Å². The third-order valence-electron chi connectivity index (χ3n) is 2.27. The monoisotopic (exact) mass is 153 g/mol. The Kier molecular flexibility index (Phi) is 1.49. The fraction of sp³-hybridized carbons (Fsp3) is 0.625. The maximum absolute atomic E-state index is 5.21. The van der Waals surface area contributed by atoms with E-state index >= 15 is 0 Å². The van der Waals surface area contributed by atoms with Crippen LogP contribution in [0.1, 0.15) is 19.3 Å². The summed E-state index contributed by atoms with van der Waals surface area (Å²) in [5.74, 6) is 0. The number of hydrogen-bond donors (Lipinski definition) is 0. The standard InChI is InChI=1S/C8H11NS/c10-8-5-4-7-3-1-2-6-9(7)8/h1,3,7H,2,4-6H2. The fourth-order valence-corrected chi connectivity index (χ4v) is 2.06. The summed E-state index contributed by atoms with van der Waals surface area (Å²) in [6.45, 7) is 1.15. The number of nitrogens with zero attached hydrogens (tertiary/aromatic N) is 1. The van der Waals surface area contributed by atoms with Gasteiger partial charge in [-0.3, -0.25) is 0 Å². The van der Waals surface area contributed by atoms with Crippen molar-refractivity contribution in [3.63, 3.8) is 0 Å². The van der Waals surface area contributed by atoms with Crippen LogP contribution in [0.15, 0.2) is 12.2 Å². The molecule has 0 N–H and O–H groups in total. The van der Waals surface area contributed by atoms with E-state index in [1.807, 2.05) is 0 Å². The fourth-order valence-electron chi connectivity index (χ4n) is 1.71. The summed E-state index contributed by atoms with van der Waals surface area (Å²) in [5, 5.41) is 0. The maximum atomic E-state index is 5.21. The number of hydrogen-bond acceptors (Lipinski definition) is 1. The molecule has 0 aromatic heterocycles. The van der Waals surface area contributed by atoms with Gasteiger partial charge in [-0.2, -0.15) is 0 Å². The first-order valence-corrected chi connectivity index (χ1v) is 4.25. The van der Waals surface area contributed by atoms with Gasteiger partial charge in [0.15, 0.2) is 0 Å². The van der Waals surface area contributed by atoms with Crippen LogP contribution in [-0.4, -0.2) is 22.5 Å². The van der Waals surface area contributed by atoms with Gasteiger partial charge in [0.05, 0.1) is 4.99 Å². The third-order valence-corrected chi connectivity index (χ3v) is 2.71. The van der Waals surface area contributed by atoms with Crippen LogP contribution in [0.5, 0.6) is 0 Å². The second-order valence-electron chi connectivity index (χ2n) is 2.91. The van der Waals surface area contributed by atoms with Crippen LogP contribution in [0.3, 0.4) is 0 Å². The highest BCUT2D eigenvalue weighted by Crippen LogP contribution is 2.23. The van der Waals surface area contributed by atoms with Gasteiger partial charge in [0.1, 0.15) is 0 Å². The normalized spacial score (nSPS) is 31.0. The molecular weight excluding hydrogens is 142 g/mol. The Morgan fingerprint density at radius 3 is 3.30 bits per heavy atom. The first-order chi connectivity index (χ1) is 4.88. The lowest BCUT2D eigenvalue weighted by Gasteiger charge is -2.26. The highest BCUT2D eigenvalue weighted by Gasteiger charge is 2.26. The molecule has 1 fully saturated rings. The molecule has 10 heavy (non-hydrogen) atoms. The molecule has 1 saturated heterocycles. The minimum atomic E-state index is 0.654. The minimum Gasteiger partial charge on any atom is -0.359 e. The van der Waals surface area contributed by atoms with E-state index in [0.29, 0.717) is 6.04 Å². The highest BCUT2D eigenvalue weighted by atomic mass is 32.1. The lowest BCUT2D eigenvalue weighted by molar-refractivity contribution is 0.381. The molecule has 2 heterocycles. The van der Waals surface area contributed by atoms with Crippen LogP contribution in [0.2, 0.25) is 0 Å². The Balaban J connectivity index is 2.19. The average Bonchev–Trinajstić information content (AvgIpc) is 2.34. The molecule has 2 aliphatic heterocycles. The zero-order valence-electron chi connectivity index (χ0n) is 5.92. The molecule has 0 amide bonds. The molecule has 1 unspecified atom stereocenters. The Morgan fingerprint density at radius 2 is 2.50 bits per heavy atom. The van der Waals surface area contributed by atoms with E-state index in [0.717, 1.165) is 13.0 Å². The van der Waals surface area contributed by atoms with Crippen molar-refractivity contribution in [2.24, 2.45) is 0 Å². The van der Waals surface area contributed by atoms with Crippen molar-refractivity contribution >= 4 is 17.2 Å². The van der Waals surface area contributed by atoms with Crippen LogP contribution in [0.4, 0.5) is 0 Å². The van der Waals surface area contributed by atoms with Crippen molar-refractivity contribution in [2.75, 3.05) is 6.54 Å². The average molecular weight is 153 g/mol. The summed E-state index contributed by atoms with van der Waals surface area (Å²) in [4.78, 5) is 3.53. The summed E-state index contributed by atoms with van der Waals surface area (Å²) in [6, 6.07) is 0.654. The van der Waals surface area contributed by atoms with Gasteiger partial charge in [0.2, 0.25) is 0 Å². The summed E-state index contributed by atoms with van der Waals surface area (Å²) >= 11 is 5.21. The minimum absolute atomic E-state index is 0.654. The van der Waals surface area contributed by atoms with Crippen molar-refractivity contribution in [3.05, 3.63) is 12.2 Å². The van der Waals surface area contributed by atoms with Gasteiger partial charge in [0, 0.05) is 19.0 Å². The maximum Gasteiger partial charge on any atom is 0.0785 e. The van der Waals surface area contributed by atoms with Gasteiger partial charge in [0.25, 0.3) is 0 Å². The lowest BCUT2D eigenvalue weighted by atomic mass is 10.1. The van der Waals surface area contributed by atoms with Crippen molar-refractivity contribution in [1.29, 1.82) is 0 Å². The smallest absolute Gasteiger partial charge is 0.0785 e. The van der Waals surface area contributed by atoms with Gasteiger partial charge < -0.3 is 4.90 Å². The predicted octanol–water partition coefficient (Wildman–Crippen LogP) is 1.74. The molecule has 0 spiro atoms. The first-order valence-electron chi connectivity index (χ1n) is 3.84. The molecular formula is C8H11NS. The molecule has 1 nitrogen and oxygen atoms in total. The van der Waals surface area contributed by atoms with Crippen LogP contribution >= 0.6 is 12.2 Å². The van der Waals surface area contributed by atoms with Crippen LogP contribution < -0.4 is 0 Å². The van der Waals surface area contributed by atoms with Gasteiger partial charge >= 0.3 is 0 Å². The van der Waals surface area contributed by atoms with E-state index in [-0.39, 0.29) is 0 Å². The van der Waals surface area contributed by atoms with Gasteiger partial charge in [-0.05, 0) is 12.8 Å². The summed E-state index contributed by atoms with van der Waals surface area (Å²) in [6.07, 6.45) is 8.12. The second kappa shape index (κ2) is 2.35. The molecule has 0 radical (unpaired) electrons. The number of thiocarbonyl (C=S) groups is 1. The summed E-state index contributed by atoms with van der Waals surface area (Å²) in [5.41, 5.74) is 0. The SMILES string of the molecule is S=C1CCC2C=CCCN12. The molecule has 54 valence electrons. The molecule has 1 atom stereocenters. The predicted molar refractivity (Wildman–Crippen MR) is 46.1 cm³/mol. The van der Waals surface area contributed by atoms with Crippen LogP contribution in [0.25, 0.3) is 0 Å². The number of fused-ring (bicyclic) bond motifs is 1. The third kappa shape index (κ3) is 0.870. The zero-order valence-corrected chi connectivity index (χ0v) is 6.73. The van der Waals surface area contributed by atoms with Crippen molar-refractivity contribution < 1.29 is 0 Å². The summed E-state index contributed by atoms with van der Waals surface area (Å²) < 4.78 is 0. The topological polar surface area (TPSA) is 3.24 Å². The molecule has 0 aromatic rings. The quantitative estimate of drug-likeness (QED) is 0.385. The molecule has 0 saturated carbocycles. The largest absolute Gasteiger partial charge is 0.359 e. The molecule has 2 rings (SSSR count). The Morgan fingerprint density at radius 1 is 1.60 bits per heavy atom. The van der Waals surface area contributed by atoms with E-state index in [2.05, 4.69) is 17.1 Å². The lowest BCUT2D eigenvalue weighted by Crippen LogP contribution is -2.33. The van der Waals surface area contributed by atoms with Crippen LogP contribution in [-0.2, 0) is 0 Å². The van der Waals surface area contributed by atoms with Gasteiger partial charge in [-0.25, -0.2) is 0 Å². The van der Waals surface area contributed by atoms with Crippen molar-refractivity contribution in [2.45, 2.75) is 25.3 Å². The summed E-state index contributed by atoms with van der Waals surface area (Å²) in [7, 11) is 0. The number of rotatable bonds is 0. The van der Waals surface area contributed by atoms with E-state index in [4.69, 9.17) is 12.2 Å². The van der Waals surface area contributed by atoms with Crippen molar-refractivity contribution in [1.82, 2.24) is 4.90 Å². The molecule has 2 aliphatic rings. The van der Waals surface area contributed by atoms with E-state index in [1.54, 1.807) is 0 Å². The van der Waals surface area contributed by atoms with Crippen molar-refractivity contribution in [3.8, 4) is 0 Å². The Hall–Kier alpha value is -0.370. The van der Waals surface area contributed by atoms with E-state index in [9.17, 15) is 0 Å². The first kappa shape index (κ1) is 6.35.